The highest BCUT2D eigenvalue weighted by Gasteiger charge is 2.27. The number of hydrogen-bond donors (Lipinski definition) is 1. The molecule has 1 saturated heterocycles. The van der Waals surface area contributed by atoms with Gasteiger partial charge in [0, 0.05) is 36.8 Å². The second kappa shape index (κ2) is 6.37. The molecule has 0 bridgehead atoms. The molecule has 1 N–H and O–H groups in total. The van der Waals surface area contributed by atoms with Crippen LogP contribution in [0.25, 0.3) is 0 Å². The molecule has 1 fully saturated rings. The van der Waals surface area contributed by atoms with Crippen LogP contribution in [0.5, 0.6) is 0 Å². The van der Waals surface area contributed by atoms with Gasteiger partial charge in [0.2, 0.25) is 0 Å². The van der Waals surface area contributed by atoms with E-state index in [9.17, 15) is 0 Å². The molecule has 2 atom stereocenters. The van der Waals surface area contributed by atoms with Crippen molar-refractivity contribution in [1.82, 2.24) is 10.2 Å². The van der Waals surface area contributed by atoms with E-state index in [-0.39, 0.29) is 0 Å². The summed E-state index contributed by atoms with van der Waals surface area (Å²) in [5, 5.41) is 4.32. The predicted octanol–water partition coefficient (Wildman–Crippen LogP) is 3.16. The number of piperazine rings is 1. The van der Waals surface area contributed by atoms with E-state index >= 15 is 0 Å². The Morgan fingerprint density at radius 2 is 2.17 bits per heavy atom. The second-order valence-electron chi connectivity index (χ2n) is 4.89. The lowest BCUT2D eigenvalue weighted by atomic mass is 10.00. The fourth-order valence-electron chi connectivity index (χ4n) is 2.55. The van der Waals surface area contributed by atoms with Crippen LogP contribution in [0, 0.1) is 0 Å². The van der Waals surface area contributed by atoms with Crippen LogP contribution in [0.15, 0.2) is 41.9 Å². The lowest BCUT2D eigenvalue weighted by Crippen LogP contribution is -2.52. The minimum Gasteiger partial charge on any atom is -0.311 e. The Kier molecular flexibility index (Phi) is 4.81. The van der Waals surface area contributed by atoms with Crippen molar-refractivity contribution < 1.29 is 0 Å². The van der Waals surface area contributed by atoms with Crippen molar-refractivity contribution in [2.24, 2.45) is 0 Å². The SMILES string of the molecule is C=C(Cl)CN1CC(CC)NCC1c1ccccc1. The fraction of sp³-hybridized carbons (Fsp3) is 0.467. The maximum atomic E-state index is 6.00. The van der Waals surface area contributed by atoms with Crippen LogP contribution < -0.4 is 5.32 Å². The van der Waals surface area contributed by atoms with Crippen molar-refractivity contribution >= 4 is 11.6 Å². The quantitative estimate of drug-likeness (QED) is 0.899. The summed E-state index contributed by atoms with van der Waals surface area (Å²) < 4.78 is 0. The maximum absolute atomic E-state index is 6.00. The lowest BCUT2D eigenvalue weighted by Gasteiger charge is -2.40. The van der Waals surface area contributed by atoms with Gasteiger partial charge in [0.05, 0.1) is 0 Å². The summed E-state index contributed by atoms with van der Waals surface area (Å²) in [4.78, 5) is 2.43. The van der Waals surface area contributed by atoms with Crippen molar-refractivity contribution in [2.45, 2.75) is 25.4 Å². The van der Waals surface area contributed by atoms with Gasteiger partial charge in [-0.2, -0.15) is 0 Å². The standard InChI is InChI=1S/C15H21ClN2/c1-3-14-11-18(10-12(2)16)15(9-17-14)13-7-5-4-6-8-13/h4-8,14-15,17H,2-3,9-11H2,1H3. The van der Waals surface area contributed by atoms with Gasteiger partial charge in [0.1, 0.15) is 0 Å². The first-order valence-electron chi connectivity index (χ1n) is 6.56. The molecule has 0 aromatic heterocycles. The molecule has 0 amide bonds. The van der Waals surface area contributed by atoms with Crippen LogP contribution in [-0.2, 0) is 0 Å². The van der Waals surface area contributed by atoms with Gasteiger partial charge in [0.25, 0.3) is 0 Å². The molecular weight excluding hydrogens is 244 g/mol. The summed E-state index contributed by atoms with van der Waals surface area (Å²) in [5.41, 5.74) is 1.34. The van der Waals surface area contributed by atoms with Crippen molar-refractivity contribution in [3.8, 4) is 0 Å². The van der Waals surface area contributed by atoms with Gasteiger partial charge in [-0.05, 0) is 12.0 Å². The van der Waals surface area contributed by atoms with E-state index in [1.807, 2.05) is 0 Å². The van der Waals surface area contributed by atoms with Crippen LogP contribution >= 0.6 is 11.6 Å². The van der Waals surface area contributed by atoms with E-state index in [1.54, 1.807) is 0 Å². The van der Waals surface area contributed by atoms with Crippen molar-refractivity contribution in [2.75, 3.05) is 19.6 Å². The Morgan fingerprint density at radius 1 is 1.44 bits per heavy atom. The Balaban J connectivity index is 2.14. The summed E-state index contributed by atoms with van der Waals surface area (Å²) in [7, 11) is 0. The van der Waals surface area contributed by atoms with Crippen molar-refractivity contribution in [3.63, 3.8) is 0 Å². The van der Waals surface area contributed by atoms with E-state index in [0.29, 0.717) is 17.1 Å². The zero-order chi connectivity index (χ0) is 13.0. The summed E-state index contributed by atoms with van der Waals surface area (Å²) in [6, 6.07) is 11.6. The molecule has 98 valence electrons. The maximum Gasteiger partial charge on any atom is 0.0477 e. The van der Waals surface area contributed by atoms with E-state index < -0.39 is 0 Å². The molecule has 3 heteroatoms. The summed E-state index contributed by atoms with van der Waals surface area (Å²) in [5.74, 6) is 0. The molecule has 0 radical (unpaired) electrons. The third kappa shape index (κ3) is 3.35. The average Bonchev–Trinajstić information content (AvgIpc) is 2.39. The smallest absolute Gasteiger partial charge is 0.0477 e. The monoisotopic (exact) mass is 264 g/mol. The van der Waals surface area contributed by atoms with Gasteiger partial charge >= 0.3 is 0 Å². The highest BCUT2D eigenvalue weighted by Crippen LogP contribution is 2.25. The molecule has 18 heavy (non-hydrogen) atoms. The molecule has 0 spiro atoms. The number of nitrogens with zero attached hydrogens (tertiary/aromatic N) is 1. The van der Waals surface area contributed by atoms with Gasteiger partial charge in [-0.15, -0.1) is 0 Å². The van der Waals surface area contributed by atoms with E-state index in [0.717, 1.165) is 26.1 Å². The number of nitrogens with one attached hydrogen (secondary N) is 1. The van der Waals surface area contributed by atoms with Gasteiger partial charge in [-0.25, -0.2) is 0 Å². The zero-order valence-electron chi connectivity index (χ0n) is 10.9. The van der Waals surface area contributed by atoms with Gasteiger partial charge in [0.15, 0.2) is 0 Å². The summed E-state index contributed by atoms with van der Waals surface area (Å²) in [6.07, 6.45) is 1.15. The van der Waals surface area contributed by atoms with Crippen LogP contribution in [0.2, 0.25) is 0 Å². The second-order valence-corrected chi connectivity index (χ2v) is 5.42. The van der Waals surface area contributed by atoms with Crippen LogP contribution in [0.4, 0.5) is 0 Å². The lowest BCUT2D eigenvalue weighted by molar-refractivity contribution is 0.142. The van der Waals surface area contributed by atoms with Crippen LogP contribution in [-0.4, -0.2) is 30.6 Å². The number of benzene rings is 1. The molecule has 1 aliphatic heterocycles. The highest BCUT2D eigenvalue weighted by atomic mass is 35.5. The largest absolute Gasteiger partial charge is 0.311 e. The number of rotatable bonds is 4. The zero-order valence-corrected chi connectivity index (χ0v) is 11.7. The van der Waals surface area contributed by atoms with Gasteiger partial charge < -0.3 is 5.32 Å². The third-order valence-corrected chi connectivity index (χ3v) is 3.67. The van der Waals surface area contributed by atoms with E-state index in [2.05, 4.69) is 54.1 Å². The number of halogens is 1. The molecule has 1 aromatic carbocycles. The molecule has 2 nitrogen and oxygen atoms in total. The van der Waals surface area contributed by atoms with Gasteiger partial charge in [-0.1, -0.05) is 55.4 Å². The molecule has 1 aromatic rings. The highest BCUT2D eigenvalue weighted by molar-refractivity contribution is 6.29. The Hall–Kier alpha value is -0.830. The van der Waals surface area contributed by atoms with Crippen LogP contribution in [0.1, 0.15) is 24.9 Å². The van der Waals surface area contributed by atoms with Crippen molar-refractivity contribution in [3.05, 3.63) is 47.5 Å². The topological polar surface area (TPSA) is 15.3 Å². The molecule has 2 unspecified atom stereocenters. The molecule has 1 heterocycles. The van der Waals surface area contributed by atoms with Crippen molar-refractivity contribution in [1.29, 1.82) is 0 Å². The number of hydrogen-bond acceptors (Lipinski definition) is 2. The Labute approximate surface area is 115 Å². The first-order valence-corrected chi connectivity index (χ1v) is 6.94. The minimum atomic E-state index is 0.393. The molecule has 0 saturated carbocycles. The first-order chi connectivity index (χ1) is 8.70. The predicted molar refractivity (Wildman–Crippen MR) is 77.8 cm³/mol. The van der Waals surface area contributed by atoms with Gasteiger partial charge in [-0.3, -0.25) is 4.90 Å². The third-order valence-electron chi connectivity index (χ3n) is 3.55. The summed E-state index contributed by atoms with van der Waals surface area (Å²) >= 11 is 6.00. The Morgan fingerprint density at radius 3 is 2.78 bits per heavy atom. The molecule has 2 rings (SSSR count). The molecule has 1 aliphatic rings. The van der Waals surface area contributed by atoms with E-state index in [1.165, 1.54) is 5.56 Å². The molecule has 0 aliphatic carbocycles. The van der Waals surface area contributed by atoms with Crippen LogP contribution in [0.3, 0.4) is 0 Å². The molecular formula is C15H21ClN2. The Bertz CT molecular complexity index is 391. The fourth-order valence-corrected chi connectivity index (χ4v) is 2.71. The van der Waals surface area contributed by atoms with E-state index in [4.69, 9.17) is 11.6 Å². The minimum absolute atomic E-state index is 0.393. The summed E-state index contributed by atoms with van der Waals surface area (Å²) in [6.45, 7) is 8.82. The average molecular weight is 265 g/mol. The first kappa shape index (κ1) is 13.6. The normalized spacial score (nSPS) is 25.0.